The van der Waals surface area contributed by atoms with Crippen LogP contribution in [0.3, 0.4) is 0 Å². The first-order valence-electron chi connectivity index (χ1n) is 5.15. The van der Waals surface area contributed by atoms with Crippen molar-refractivity contribution in [2.45, 2.75) is 6.54 Å². The average Bonchev–Trinajstić information content (AvgIpc) is 2.91. The van der Waals surface area contributed by atoms with Crippen LogP contribution in [0.15, 0.2) is 29.0 Å². The fourth-order valence-electron chi connectivity index (χ4n) is 1.81. The Morgan fingerprint density at radius 2 is 2.17 bits per heavy atom. The molecule has 7 heteroatoms. The van der Waals surface area contributed by atoms with Crippen LogP contribution in [0, 0.1) is 11.6 Å². The van der Waals surface area contributed by atoms with Crippen LogP contribution >= 0.6 is 0 Å². The van der Waals surface area contributed by atoms with Gasteiger partial charge in [0.2, 0.25) is 5.95 Å². The molecule has 5 nitrogen and oxygen atoms in total. The average molecular weight is 250 g/mol. The van der Waals surface area contributed by atoms with Gasteiger partial charge in [0.15, 0.2) is 5.82 Å². The number of aromatic nitrogens is 3. The summed E-state index contributed by atoms with van der Waals surface area (Å²) < 4.78 is 32.9. The Balaban J connectivity index is 2.19. The number of anilines is 1. The van der Waals surface area contributed by atoms with Gasteiger partial charge in [-0.1, -0.05) is 5.16 Å². The van der Waals surface area contributed by atoms with Gasteiger partial charge in [-0.05, 0) is 0 Å². The van der Waals surface area contributed by atoms with Crippen molar-refractivity contribution in [1.82, 2.24) is 14.7 Å². The predicted octanol–water partition coefficient (Wildman–Crippen LogP) is 1.93. The normalized spacial score (nSPS) is 11.2. The molecule has 2 aromatic heterocycles. The second kappa shape index (κ2) is 3.80. The standard InChI is InChI=1S/C11H8F2N4O/c12-6-3-8(13)10-9(4-6)17(11(14)15-10)5-7-1-2-18-16-7/h1-4H,5H2,(H2,14,15). The van der Waals surface area contributed by atoms with Crippen molar-refractivity contribution in [2.24, 2.45) is 0 Å². The topological polar surface area (TPSA) is 69.9 Å². The van der Waals surface area contributed by atoms with Gasteiger partial charge in [0.05, 0.1) is 12.1 Å². The molecule has 0 saturated carbocycles. The van der Waals surface area contributed by atoms with E-state index in [0.29, 0.717) is 5.69 Å². The maximum Gasteiger partial charge on any atom is 0.201 e. The molecule has 0 unspecified atom stereocenters. The molecule has 0 aliphatic carbocycles. The highest BCUT2D eigenvalue weighted by molar-refractivity contribution is 5.79. The van der Waals surface area contributed by atoms with Crippen LogP contribution in [0.2, 0.25) is 0 Å². The largest absolute Gasteiger partial charge is 0.369 e. The number of nitrogen functional groups attached to an aromatic ring is 1. The highest BCUT2D eigenvalue weighted by Gasteiger charge is 2.14. The lowest BCUT2D eigenvalue weighted by Crippen LogP contribution is -2.04. The van der Waals surface area contributed by atoms with Crippen molar-refractivity contribution in [3.63, 3.8) is 0 Å². The molecule has 0 atom stereocenters. The summed E-state index contributed by atoms with van der Waals surface area (Å²) in [6.45, 7) is 0.238. The minimum atomic E-state index is -0.740. The quantitative estimate of drug-likeness (QED) is 0.754. The summed E-state index contributed by atoms with van der Waals surface area (Å²) in [5.41, 5.74) is 6.61. The monoisotopic (exact) mass is 250 g/mol. The van der Waals surface area contributed by atoms with Gasteiger partial charge < -0.3 is 14.8 Å². The van der Waals surface area contributed by atoms with Gasteiger partial charge in [-0.2, -0.15) is 0 Å². The summed E-state index contributed by atoms with van der Waals surface area (Å²) in [4.78, 5) is 3.87. The molecule has 0 aliphatic heterocycles. The zero-order valence-corrected chi connectivity index (χ0v) is 9.10. The number of halogens is 2. The van der Waals surface area contributed by atoms with Crippen molar-refractivity contribution >= 4 is 17.0 Å². The Bertz CT molecular complexity index is 705. The van der Waals surface area contributed by atoms with Gasteiger partial charge in [0.25, 0.3) is 0 Å². The third kappa shape index (κ3) is 1.60. The molecule has 0 aliphatic rings. The first-order chi connectivity index (χ1) is 8.65. The molecular weight excluding hydrogens is 242 g/mol. The van der Waals surface area contributed by atoms with E-state index < -0.39 is 11.6 Å². The molecule has 2 heterocycles. The molecule has 18 heavy (non-hydrogen) atoms. The van der Waals surface area contributed by atoms with Gasteiger partial charge in [-0.25, -0.2) is 13.8 Å². The molecule has 3 rings (SSSR count). The first kappa shape index (κ1) is 10.7. The van der Waals surface area contributed by atoms with Crippen LogP contribution in [-0.4, -0.2) is 14.7 Å². The Kier molecular flexibility index (Phi) is 2.26. The Morgan fingerprint density at radius 3 is 2.89 bits per heavy atom. The van der Waals surface area contributed by atoms with Gasteiger partial charge in [-0.3, -0.25) is 0 Å². The second-order valence-corrected chi connectivity index (χ2v) is 3.80. The van der Waals surface area contributed by atoms with E-state index in [0.717, 1.165) is 6.07 Å². The Morgan fingerprint density at radius 1 is 1.33 bits per heavy atom. The number of fused-ring (bicyclic) bond motifs is 1. The lowest BCUT2D eigenvalue weighted by molar-refractivity contribution is 0.410. The molecule has 0 radical (unpaired) electrons. The highest BCUT2D eigenvalue weighted by Crippen LogP contribution is 2.22. The molecule has 92 valence electrons. The van der Waals surface area contributed by atoms with Crippen molar-refractivity contribution in [3.8, 4) is 0 Å². The van der Waals surface area contributed by atoms with E-state index in [4.69, 9.17) is 5.73 Å². The Hall–Kier alpha value is -2.44. The van der Waals surface area contributed by atoms with Crippen LogP contribution in [-0.2, 0) is 6.54 Å². The summed E-state index contributed by atoms with van der Waals surface area (Å²) in [6.07, 6.45) is 1.41. The van der Waals surface area contributed by atoms with E-state index >= 15 is 0 Å². The van der Waals surface area contributed by atoms with Crippen molar-refractivity contribution in [3.05, 3.63) is 41.8 Å². The smallest absolute Gasteiger partial charge is 0.201 e. The summed E-state index contributed by atoms with van der Waals surface area (Å²) >= 11 is 0. The lowest BCUT2D eigenvalue weighted by Gasteiger charge is -2.03. The van der Waals surface area contributed by atoms with Gasteiger partial charge in [0.1, 0.15) is 23.3 Å². The number of hydrogen-bond donors (Lipinski definition) is 1. The predicted molar refractivity (Wildman–Crippen MR) is 59.7 cm³/mol. The molecular formula is C11H8F2N4O. The van der Waals surface area contributed by atoms with Crippen LogP contribution in [0.1, 0.15) is 5.69 Å². The Labute approximate surface area is 99.8 Å². The number of nitrogens with zero attached hydrogens (tertiary/aromatic N) is 3. The zero-order valence-electron chi connectivity index (χ0n) is 9.10. The van der Waals surface area contributed by atoms with E-state index in [1.165, 1.54) is 16.9 Å². The molecule has 0 spiro atoms. The van der Waals surface area contributed by atoms with E-state index in [9.17, 15) is 8.78 Å². The summed E-state index contributed by atoms with van der Waals surface area (Å²) in [7, 11) is 0. The van der Waals surface area contributed by atoms with Crippen LogP contribution in [0.4, 0.5) is 14.7 Å². The minimum absolute atomic E-state index is 0.0393. The van der Waals surface area contributed by atoms with E-state index in [1.54, 1.807) is 6.07 Å². The second-order valence-electron chi connectivity index (χ2n) is 3.80. The summed E-state index contributed by atoms with van der Waals surface area (Å²) in [5, 5.41) is 3.72. The number of rotatable bonds is 2. The number of benzene rings is 1. The van der Waals surface area contributed by atoms with E-state index in [2.05, 4.69) is 14.7 Å². The molecule has 2 N–H and O–H groups in total. The molecule has 0 bridgehead atoms. The first-order valence-corrected chi connectivity index (χ1v) is 5.15. The minimum Gasteiger partial charge on any atom is -0.369 e. The van der Waals surface area contributed by atoms with Crippen molar-refractivity contribution in [1.29, 1.82) is 0 Å². The SMILES string of the molecule is Nc1nc2c(F)cc(F)cc2n1Cc1ccon1. The van der Waals surface area contributed by atoms with Gasteiger partial charge >= 0.3 is 0 Å². The van der Waals surface area contributed by atoms with Crippen molar-refractivity contribution in [2.75, 3.05) is 5.73 Å². The third-order valence-electron chi connectivity index (χ3n) is 2.61. The highest BCUT2D eigenvalue weighted by atomic mass is 19.1. The molecule has 0 saturated heterocycles. The van der Waals surface area contributed by atoms with Crippen molar-refractivity contribution < 1.29 is 13.3 Å². The van der Waals surface area contributed by atoms with Gasteiger partial charge in [0, 0.05) is 18.2 Å². The lowest BCUT2D eigenvalue weighted by atomic mass is 10.3. The molecule has 3 aromatic rings. The molecule has 0 amide bonds. The summed E-state index contributed by atoms with van der Waals surface area (Å²) in [5.74, 6) is -1.32. The third-order valence-corrected chi connectivity index (χ3v) is 2.61. The fourth-order valence-corrected chi connectivity index (χ4v) is 1.81. The number of imidazole rings is 1. The number of nitrogens with two attached hydrogens (primary N) is 1. The summed E-state index contributed by atoms with van der Waals surface area (Å²) in [6, 6.07) is 3.60. The van der Waals surface area contributed by atoms with Crippen LogP contribution < -0.4 is 5.73 Å². The van der Waals surface area contributed by atoms with Crippen LogP contribution in [0.5, 0.6) is 0 Å². The molecule has 0 fully saturated rings. The zero-order chi connectivity index (χ0) is 12.7. The maximum absolute atomic E-state index is 13.5. The van der Waals surface area contributed by atoms with Gasteiger partial charge in [-0.15, -0.1) is 0 Å². The fraction of sp³-hybridized carbons (Fsp3) is 0.0909. The van der Waals surface area contributed by atoms with E-state index in [1.807, 2.05) is 0 Å². The van der Waals surface area contributed by atoms with E-state index in [-0.39, 0.29) is 23.5 Å². The molecule has 1 aromatic carbocycles. The number of hydrogen-bond acceptors (Lipinski definition) is 4. The van der Waals surface area contributed by atoms with Crippen LogP contribution in [0.25, 0.3) is 11.0 Å². The maximum atomic E-state index is 13.5.